The minimum Gasteiger partial charge on any atom is -0.399 e. The minimum absolute atomic E-state index is 0.136. The fourth-order valence-corrected chi connectivity index (χ4v) is 3.27. The van der Waals surface area contributed by atoms with Crippen LogP contribution in [-0.2, 0) is 0 Å². The first-order valence-electron chi connectivity index (χ1n) is 7.19. The molecular formula is C15H23N3OS. The number of hydrogen-bond acceptors (Lipinski definition) is 4. The molecular weight excluding hydrogens is 270 g/mol. The molecule has 1 saturated heterocycles. The lowest BCUT2D eigenvalue weighted by molar-refractivity contribution is 0.0640. The molecule has 110 valence electrons. The summed E-state index contributed by atoms with van der Waals surface area (Å²) in [6, 6.07) is 5.58. The second kappa shape index (κ2) is 6.99. The van der Waals surface area contributed by atoms with Crippen LogP contribution in [-0.4, -0.2) is 54.2 Å². The Bertz CT molecular complexity index is 470. The van der Waals surface area contributed by atoms with Crippen LogP contribution in [0.15, 0.2) is 23.1 Å². The minimum atomic E-state index is 0.136. The van der Waals surface area contributed by atoms with Gasteiger partial charge >= 0.3 is 0 Å². The fourth-order valence-electron chi connectivity index (χ4n) is 2.43. The molecule has 1 heterocycles. The number of nitrogens with two attached hydrogens (primary N) is 1. The Morgan fingerprint density at radius 2 is 1.95 bits per heavy atom. The maximum atomic E-state index is 12.7. The summed E-state index contributed by atoms with van der Waals surface area (Å²) in [5, 5.41) is 0. The molecule has 4 nitrogen and oxygen atoms in total. The molecule has 5 heteroatoms. The van der Waals surface area contributed by atoms with Crippen molar-refractivity contribution in [1.29, 1.82) is 0 Å². The van der Waals surface area contributed by atoms with Gasteiger partial charge in [0.05, 0.1) is 5.56 Å². The van der Waals surface area contributed by atoms with E-state index in [1.54, 1.807) is 11.8 Å². The van der Waals surface area contributed by atoms with E-state index in [0.717, 1.165) is 48.9 Å². The number of carbonyl (C=O) groups excluding carboxylic acids is 1. The third-order valence-electron chi connectivity index (χ3n) is 3.64. The predicted octanol–water partition coefficient (Wildman–Crippen LogP) is 2.16. The van der Waals surface area contributed by atoms with Gasteiger partial charge in [-0.3, -0.25) is 4.79 Å². The molecule has 1 amide bonds. The van der Waals surface area contributed by atoms with E-state index in [-0.39, 0.29) is 5.91 Å². The Kier molecular flexibility index (Phi) is 5.31. The number of thioether (sulfide) groups is 1. The van der Waals surface area contributed by atoms with Crippen molar-refractivity contribution in [2.45, 2.75) is 18.7 Å². The third kappa shape index (κ3) is 3.46. The molecule has 0 aromatic heterocycles. The van der Waals surface area contributed by atoms with Gasteiger partial charge in [0, 0.05) is 36.8 Å². The van der Waals surface area contributed by atoms with E-state index in [0.29, 0.717) is 5.69 Å². The Hall–Kier alpha value is -1.20. The van der Waals surface area contributed by atoms with E-state index in [1.165, 1.54) is 0 Å². The Labute approximate surface area is 125 Å². The summed E-state index contributed by atoms with van der Waals surface area (Å²) in [4.78, 5) is 18.0. The molecule has 0 aliphatic carbocycles. The highest BCUT2D eigenvalue weighted by molar-refractivity contribution is 7.99. The molecule has 0 radical (unpaired) electrons. The fraction of sp³-hybridized carbons (Fsp3) is 0.533. The summed E-state index contributed by atoms with van der Waals surface area (Å²) in [6.45, 7) is 8.86. The molecule has 1 aromatic carbocycles. The lowest BCUT2D eigenvalue weighted by Crippen LogP contribution is -2.48. The molecule has 1 aliphatic rings. The summed E-state index contributed by atoms with van der Waals surface area (Å²) in [5.74, 6) is 1.07. The maximum absolute atomic E-state index is 12.7. The zero-order valence-corrected chi connectivity index (χ0v) is 13.1. The molecule has 20 heavy (non-hydrogen) atoms. The van der Waals surface area contributed by atoms with Crippen molar-refractivity contribution in [3.8, 4) is 0 Å². The number of rotatable bonds is 4. The van der Waals surface area contributed by atoms with Crippen molar-refractivity contribution in [3.05, 3.63) is 23.8 Å². The van der Waals surface area contributed by atoms with Crippen LogP contribution in [0.25, 0.3) is 0 Å². The van der Waals surface area contributed by atoms with E-state index in [2.05, 4.69) is 18.7 Å². The van der Waals surface area contributed by atoms with Crippen LogP contribution in [0, 0.1) is 0 Å². The second-order valence-electron chi connectivity index (χ2n) is 4.92. The molecule has 2 N–H and O–H groups in total. The van der Waals surface area contributed by atoms with Crippen LogP contribution in [0.5, 0.6) is 0 Å². The zero-order chi connectivity index (χ0) is 14.5. The topological polar surface area (TPSA) is 49.6 Å². The standard InChI is InChI=1S/C15H23N3OS/c1-3-17-7-9-18(10-8-17)15(19)13-6-5-12(16)11-14(13)20-4-2/h5-6,11H,3-4,7-10,16H2,1-2H3. The van der Waals surface area contributed by atoms with E-state index in [9.17, 15) is 4.79 Å². The predicted molar refractivity (Wildman–Crippen MR) is 85.3 cm³/mol. The average molecular weight is 293 g/mol. The zero-order valence-electron chi connectivity index (χ0n) is 12.3. The van der Waals surface area contributed by atoms with Crippen molar-refractivity contribution in [2.75, 3.05) is 44.2 Å². The molecule has 0 unspecified atom stereocenters. The van der Waals surface area contributed by atoms with Crippen molar-refractivity contribution in [2.24, 2.45) is 0 Å². The van der Waals surface area contributed by atoms with Crippen molar-refractivity contribution in [3.63, 3.8) is 0 Å². The maximum Gasteiger partial charge on any atom is 0.255 e. The number of piperazine rings is 1. The highest BCUT2D eigenvalue weighted by Crippen LogP contribution is 2.26. The summed E-state index contributed by atoms with van der Waals surface area (Å²) >= 11 is 1.68. The number of amides is 1. The third-order valence-corrected chi connectivity index (χ3v) is 4.58. The van der Waals surface area contributed by atoms with Gasteiger partial charge in [-0.05, 0) is 30.5 Å². The van der Waals surface area contributed by atoms with Crippen LogP contribution in [0.2, 0.25) is 0 Å². The number of nitrogen functional groups attached to an aromatic ring is 1. The van der Waals surface area contributed by atoms with Crippen molar-refractivity contribution < 1.29 is 4.79 Å². The normalized spacial score (nSPS) is 16.4. The molecule has 1 aromatic rings. The van der Waals surface area contributed by atoms with E-state index < -0.39 is 0 Å². The molecule has 0 saturated carbocycles. The van der Waals surface area contributed by atoms with Gasteiger partial charge in [0.1, 0.15) is 0 Å². The average Bonchev–Trinajstić information content (AvgIpc) is 2.47. The van der Waals surface area contributed by atoms with Gasteiger partial charge in [0.15, 0.2) is 0 Å². The highest BCUT2D eigenvalue weighted by atomic mass is 32.2. The Balaban J connectivity index is 2.13. The number of anilines is 1. The van der Waals surface area contributed by atoms with Gasteiger partial charge in [0.25, 0.3) is 5.91 Å². The van der Waals surface area contributed by atoms with Gasteiger partial charge in [0.2, 0.25) is 0 Å². The number of nitrogens with zero attached hydrogens (tertiary/aromatic N) is 2. The van der Waals surface area contributed by atoms with Gasteiger partial charge in [-0.25, -0.2) is 0 Å². The van der Waals surface area contributed by atoms with Crippen LogP contribution in [0.1, 0.15) is 24.2 Å². The second-order valence-corrected chi connectivity index (χ2v) is 6.22. The van der Waals surface area contributed by atoms with Crippen molar-refractivity contribution in [1.82, 2.24) is 9.80 Å². The number of benzene rings is 1. The van der Waals surface area contributed by atoms with Gasteiger partial charge in [-0.15, -0.1) is 11.8 Å². The SMILES string of the molecule is CCSc1cc(N)ccc1C(=O)N1CCN(CC)CC1. The molecule has 0 spiro atoms. The molecule has 0 atom stereocenters. The lowest BCUT2D eigenvalue weighted by Gasteiger charge is -2.34. The van der Waals surface area contributed by atoms with Gasteiger partial charge in [-0.1, -0.05) is 13.8 Å². The van der Waals surface area contributed by atoms with Crippen LogP contribution < -0.4 is 5.73 Å². The van der Waals surface area contributed by atoms with E-state index >= 15 is 0 Å². The van der Waals surface area contributed by atoms with E-state index in [4.69, 9.17) is 5.73 Å². The van der Waals surface area contributed by atoms with Crippen LogP contribution >= 0.6 is 11.8 Å². The summed E-state index contributed by atoms with van der Waals surface area (Å²) in [5.41, 5.74) is 7.33. The van der Waals surface area contributed by atoms with Gasteiger partial charge < -0.3 is 15.5 Å². The quantitative estimate of drug-likeness (QED) is 0.683. The summed E-state index contributed by atoms with van der Waals surface area (Å²) in [7, 11) is 0. The van der Waals surface area contributed by atoms with Gasteiger partial charge in [-0.2, -0.15) is 0 Å². The van der Waals surface area contributed by atoms with Crippen LogP contribution in [0.3, 0.4) is 0 Å². The lowest BCUT2D eigenvalue weighted by atomic mass is 10.1. The number of carbonyl (C=O) groups is 1. The first-order chi connectivity index (χ1) is 9.65. The molecule has 1 fully saturated rings. The first kappa shape index (κ1) is 15.2. The summed E-state index contributed by atoms with van der Waals surface area (Å²) < 4.78 is 0. The highest BCUT2D eigenvalue weighted by Gasteiger charge is 2.23. The Morgan fingerprint density at radius 3 is 2.55 bits per heavy atom. The van der Waals surface area contributed by atoms with E-state index in [1.807, 2.05) is 23.1 Å². The molecule has 2 rings (SSSR count). The van der Waals surface area contributed by atoms with Crippen LogP contribution in [0.4, 0.5) is 5.69 Å². The largest absolute Gasteiger partial charge is 0.399 e. The monoisotopic (exact) mass is 293 g/mol. The Morgan fingerprint density at radius 1 is 1.25 bits per heavy atom. The first-order valence-corrected chi connectivity index (χ1v) is 8.18. The van der Waals surface area contributed by atoms with Crippen molar-refractivity contribution >= 4 is 23.4 Å². The number of hydrogen-bond donors (Lipinski definition) is 1. The molecule has 1 aliphatic heterocycles. The summed E-state index contributed by atoms with van der Waals surface area (Å²) in [6.07, 6.45) is 0. The smallest absolute Gasteiger partial charge is 0.255 e. The molecule has 0 bridgehead atoms. The number of likely N-dealkylation sites (N-methyl/N-ethyl adjacent to an activating group) is 1.